The molecular formula is C13H18N2O3. The fraction of sp³-hybridized carbons (Fsp3) is 0.692. The molecule has 0 saturated carbocycles. The summed E-state index contributed by atoms with van der Waals surface area (Å²) in [4.78, 5) is 11.0. The lowest BCUT2D eigenvalue weighted by Gasteiger charge is -2.22. The van der Waals surface area contributed by atoms with Gasteiger partial charge in [-0.1, -0.05) is 0 Å². The SMILES string of the molecule is O=C(O)C1CCc2nn(C3CCCCO3)cc2C1. The summed E-state index contributed by atoms with van der Waals surface area (Å²) in [6, 6.07) is 0. The lowest BCUT2D eigenvalue weighted by Crippen LogP contribution is -2.21. The molecule has 0 aromatic carbocycles. The number of hydrogen-bond donors (Lipinski definition) is 1. The van der Waals surface area contributed by atoms with Crippen molar-refractivity contribution < 1.29 is 14.6 Å². The van der Waals surface area contributed by atoms with E-state index < -0.39 is 5.97 Å². The van der Waals surface area contributed by atoms with Gasteiger partial charge in [0.2, 0.25) is 0 Å². The second-order valence-corrected chi connectivity index (χ2v) is 5.18. The van der Waals surface area contributed by atoms with E-state index in [1.807, 2.05) is 10.9 Å². The summed E-state index contributed by atoms with van der Waals surface area (Å²) in [5.74, 6) is -0.940. The molecule has 0 radical (unpaired) electrons. The number of hydrogen-bond acceptors (Lipinski definition) is 3. The van der Waals surface area contributed by atoms with E-state index >= 15 is 0 Å². The van der Waals surface area contributed by atoms with Crippen LogP contribution in [0.1, 0.15) is 43.2 Å². The molecule has 3 rings (SSSR count). The maximum absolute atomic E-state index is 11.0. The Kier molecular flexibility index (Phi) is 3.07. The molecule has 5 heteroatoms. The van der Waals surface area contributed by atoms with Gasteiger partial charge in [-0.3, -0.25) is 4.79 Å². The van der Waals surface area contributed by atoms with Gasteiger partial charge in [0.05, 0.1) is 11.6 Å². The summed E-state index contributed by atoms with van der Waals surface area (Å²) in [5, 5.41) is 13.6. The average molecular weight is 250 g/mol. The number of carbonyl (C=O) groups is 1. The Morgan fingerprint density at radius 1 is 1.44 bits per heavy atom. The van der Waals surface area contributed by atoms with Gasteiger partial charge in [0.15, 0.2) is 0 Å². The maximum Gasteiger partial charge on any atom is 0.306 e. The first-order chi connectivity index (χ1) is 8.74. The Morgan fingerprint density at radius 2 is 2.33 bits per heavy atom. The molecule has 0 amide bonds. The molecule has 1 saturated heterocycles. The number of carboxylic acid groups (broad SMARTS) is 1. The van der Waals surface area contributed by atoms with Crippen molar-refractivity contribution in [1.82, 2.24) is 9.78 Å². The Bertz CT molecular complexity index is 449. The quantitative estimate of drug-likeness (QED) is 0.868. The topological polar surface area (TPSA) is 64.3 Å². The predicted octanol–water partition coefficient (Wildman–Crippen LogP) is 1.77. The zero-order chi connectivity index (χ0) is 12.5. The highest BCUT2D eigenvalue weighted by atomic mass is 16.5. The van der Waals surface area contributed by atoms with E-state index in [4.69, 9.17) is 9.84 Å². The van der Waals surface area contributed by atoms with E-state index in [2.05, 4.69) is 5.10 Å². The van der Waals surface area contributed by atoms with Gasteiger partial charge >= 0.3 is 5.97 Å². The summed E-state index contributed by atoms with van der Waals surface area (Å²) < 4.78 is 7.60. The minimum atomic E-state index is -0.692. The molecular weight excluding hydrogens is 232 g/mol. The van der Waals surface area contributed by atoms with Gasteiger partial charge in [-0.15, -0.1) is 0 Å². The summed E-state index contributed by atoms with van der Waals surface area (Å²) in [6.07, 6.45) is 7.41. The third kappa shape index (κ3) is 2.14. The first kappa shape index (κ1) is 11.7. The predicted molar refractivity (Wildman–Crippen MR) is 64.2 cm³/mol. The Morgan fingerprint density at radius 3 is 3.06 bits per heavy atom. The van der Waals surface area contributed by atoms with Crippen molar-refractivity contribution in [2.45, 2.75) is 44.8 Å². The lowest BCUT2D eigenvalue weighted by atomic mass is 9.88. The number of rotatable bonds is 2. The molecule has 98 valence electrons. The van der Waals surface area contributed by atoms with Crippen LogP contribution >= 0.6 is 0 Å². The standard InChI is InChI=1S/C13H18N2O3/c16-13(17)9-4-5-11-10(7-9)8-15(14-11)12-3-1-2-6-18-12/h8-9,12H,1-7H2,(H,16,17). The summed E-state index contributed by atoms with van der Waals surface area (Å²) in [7, 11) is 0. The Balaban J connectivity index is 1.78. The van der Waals surface area contributed by atoms with Gasteiger partial charge in [0, 0.05) is 12.8 Å². The van der Waals surface area contributed by atoms with Crippen molar-refractivity contribution in [1.29, 1.82) is 0 Å². The second-order valence-electron chi connectivity index (χ2n) is 5.18. The van der Waals surface area contributed by atoms with E-state index in [0.29, 0.717) is 12.8 Å². The lowest BCUT2D eigenvalue weighted by molar-refractivity contribution is -0.142. The van der Waals surface area contributed by atoms with Crippen LogP contribution in [0.15, 0.2) is 6.20 Å². The Hall–Kier alpha value is -1.36. The summed E-state index contributed by atoms with van der Waals surface area (Å²) in [6.45, 7) is 0.799. The van der Waals surface area contributed by atoms with Gasteiger partial charge in [-0.05, 0) is 44.1 Å². The smallest absolute Gasteiger partial charge is 0.306 e. The van der Waals surface area contributed by atoms with Crippen molar-refractivity contribution in [3.63, 3.8) is 0 Å². The summed E-state index contributed by atoms with van der Waals surface area (Å²) in [5.41, 5.74) is 2.14. The van der Waals surface area contributed by atoms with E-state index in [-0.39, 0.29) is 12.1 Å². The molecule has 2 heterocycles. The number of nitrogens with zero attached hydrogens (tertiary/aromatic N) is 2. The minimum absolute atomic E-state index is 0.0487. The molecule has 0 spiro atoms. The number of aliphatic carboxylic acids is 1. The number of aryl methyl sites for hydroxylation is 1. The maximum atomic E-state index is 11.0. The average Bonchev–Trinajstić information content (AvgIpc) is 2.82. The molecule has 1 aromatic heterocycles. The van der Waals surface area contributed by atoms with Crippen LogP contribution in [0.3, 0.4) is 0 Å². The highest BCUT2D eigenvalue weighted by molar-refractivity contribution is 5.70. The molecule has 0 bridgehead atoms. The van der Waals surface area contributed by atoms with Gasteiger partial charge in [-0.2, -0.15) is 5.10 Å². The highest BCUT2D eigenvalue weighted by Gasteiger charge is 2.28. The van der Waals surface area contributed by atoms with Crippen molar-refractivity contribution in [2.24, 2.45) is 5.92 Å². The normalized spacial score (nSPS) is 27.8. The van der Waals surface area contributed by atoms with Crippen LogP contribution in [0, 0.1) is 5.92 Å². The zero-order valence-corrected chi connectivity index (χ0v) is 10.3. The summed E-state index contributed by atoms with van der Waals surface area (Å²) >= 11 is 0. The van der Waals surface area contributed by atoms with Crippen molar-refractivity contribution >= 4 is 5.97 Å². The molecule has 2 aliphatic rings. The van der Waals surface area contributed by atoms with E-state index in [9.17, 15) is 4.79 Å². The van der Waals surface area contributed by atoms with Gasteiger partial charge in [0.1, 0.15) is 6.23 Å². The number of fused-ring (bicyclic) bond motifs is 1. The molecule has 5 nitrogen and oxygen atoms in total. The molecule has 1 aliphatic carbocycles. The minimum Gasteiger partial charge on any atom is -0.481 e. The van der Waals surface area contributed by atoms with Gasteiger partial charge < -0.3 is 9.84 Å². The molecule has 2 unspecified atom stereocenters. The molecule has 1 aromatic rings. The number of ether oxygens (including phenoxy) is 1. The third-order valence-corrected chi connectivity index (χ3v) is 3.89. The zero-order valence-electron chi connectivity index (χ0n) is 10.3. The molecule has 2 atom stereocenters. The molecule has 18 heavy (non-hydrogen) atoms. The molecule has 1 fully saturated rings. The monoisotopic (exact) mass is 250 g/mol. The van der Waals surface area contributed by atoms with E-state index in [0.717, 1.165) is 37.1 Å². The van der Waals surface area contributed by atoms with Crippen LogP contribution in [-0.2, 0) is 22.4 Å². The fourth-order valence-corrected chi connectivity index (χ4v) is 2.82. The van der Waals surface area contributed by atoms with Crippen LogP contribution < -0.4 is 0 Å². The first-order valence-corrected chi connectivity index (χ1v) is 6.65. The largest absolute Gasteiger partial charge is 0.481 e. The van der Waals surface area contributed by atoms with Crippen LogP contribution in [-0.4, -0.2) is 27.5 Å². The highest BCUT2D eigenvalue weighted by Crippen LogP contribution is 2.28. The van der Waals surface area contributed by atoms with Crippen LogP contribution in [0.25, 0.3) is 0 Å². The van der Waals surface area contributed by atoms with Crippen LogP contribution in [0.5, 0.6) is 0 Å². The second kappa shape index (κ2) is 4.72. The van der Waals surface area contributed by atoms with E-state index in [1.165, 1.54) is 6.42 Å². The first-order valence-electron chi connectivity index (χ1n) is 6.65. The van der Waals surface area contributed by atoms with Crippen LogP contribution in [0.4, 0.5) is 0 Å². The van der Waals surface area contributed by atoms with Crippen LogP contribution in [0.2, 0.25) is 0 Å². The number of carboxylic acids is 1. The molecule has 1 aliphatic heterocycles. The fourth-order valence-electron chi connectivity index (χ4n) is 2.82. The van der Waals surface area contributed by atoms with Gasteiger partial charge in [-0.25, -0.2) is 4.68 Å². The third-order valence-electron chi connectivity index (χ3n) is 3.89. The van der Waals surface area contributed by atoms with Crippen molar-refractivity contribution in [3.8, 4) is 0 Å². The molecule has 1 N–H and O–H groups in total. The van der Waals surface area contributed by atoms with Crippen molar-refractivity contribution in [3.05, 3.63) is 17.5 Å². The Labute approximate surface area is 106 Å². The number of aromatic nitrogens is 2. The van der Waals surface area contributed by atoms with Crippen molar-refractivity contribution in [2.75, 3.05) is 6.61 Å². The van der Waals surface area contributed by atoms with E-state index in [1.54, 1.807) is 0 Å². The van der Waals surface area contributed by atoms with Gasteiger partial charge in [0.25, 0.3) is 0 Å².